The molecule has 3 heteroatoms. The minimum Gasteiger partial charge on any atom is -0.481 e. The van der Waals surface area contributed by atoms with Crippen LogP contribution in [0.1, 0.15) is 65.2 Å². The Hall–Kier alpha value is -0.570. The van der Waals surface area contributed by atoms with Crippen LogP contribution in [0.15, 0.2) is 0 Å². The topological polar surface area (TPSA) is 40.5 Å². The van der Waals surface area contributed by atoms with E-state index in [1.807, 2.05) is 0 Å². The normalized spacial score (nSPS) is 31.2. The van der Waals surface area contributed by atoms with E-state index in [1.165, 1.54) is 32.1 Å². The van der Waals surface area contributed by atoms with Crippen LogP contribution >= 0.6 is 0 Å². The number of carbonyl (C=O) groups is 1. The highest BCUT2D eigenvalue weighted by Crippen LogP contribution is 2.36. The molecule has 0 aliphatic heterocycles. The lowest BCUT2D eigenvalue weighted by Crippen LogP contribution is -2.49. The molecule has 0 saturated heterocycles. The van der Waals surface area contributed by atoms with Crippen molar-refractivity contribution in [1.29, 1.82) is 0 Å². The van der Waals surface area contributed by atoms with Gasteiger partial charge in [-0.15, -0.1) is 0 Å². The van der Waals surface area contributed by atoms with E-state index in [2.05, 4.69) is 18.7 Å². The van der Waals surface area contributed by atoms with Gasteiger partial charge in [-0.1, -0.05) is 33.1 Å². The Kier molecular flexibility index (Phi) is 5.88. The second-order valence-corrected chi connectivity index (χ2v) is 6.86. The molecule has 2 aliphatic rings. The highest BCUT2D eigenvalue weighted by Gasteiger charge is 2.38. The molecule has 0 bridgehead atoms. The standard InChI is InChI=1S/C17H31NO2/c1-3-6-13-9-10-15(17(19)20)16(11-13)18(4-2)12-14-7-5-8-14/h13-16H,3-12H2,1-2H3,(H,19,20). The van der Waals surface area contributed by atoms with Gasteiger partial charge in [-0.3, -0.25) is 9.69 Å². The molecule has 116 valence electrons. The number of carboxylic acids is 1. The first kappa shape index (κ1) is 15.8. The van der Waals surface area contributed by atoms with Crippen molar-refractivity contribution in [2.45, 2.75) is 71.3 Å². The van der Waals surface area contributed by atoms with Crippen LogP contribution in [0.3, 0.4) is 0 Å². The maximum Gasteiger partial charge on any atom is 0.308 e. The smallest absolute Gasteiger partial charge is 0.308 e. The van der Waals surface area contributed by atoms with Gasteiger partial charge in [0.2, 0.25) is 0 Å². The molecule has 0 aromatic rings. The molecule has 1 N–H and O–H groups in total. The Morgan fingerprint density at radius 2 is 1.90 bits per heavy atom. The average Bonchev–Trinajstić information content (AvgIpc) is 2.38. The molecule has 2 rings (SSSR count). The van der Waals surface area contributed by atoms with E-state index >= 15 is 0 Å². The largest absolute Gasteiger partial charge is 0.481 e. The van der Waals surface area contributed by atoms with E-state index in [0.29, 0.717) is 0 Å². The predicted octanol–water partition coefficient (Wildman–Crippen LogP) is 3.78. The van der Waals surface area contributed by atoms with E-state index in [1.54, 1.807) is 0 Å². The molecule has 0 aromatic carbocycles. The van der Waals surface area contributed by atoms with Crippen molar-refractivity contribution in [2.75, 3.05) is 13.1 Å². The zero-order valence-corrected chi connectivity index (χ0v) is 13.2. The van der Waals surface area contributed by atoms with Gasteiger partial charge in [0.05, 0.1) is 5.92 Å². The summed E-state index contributed by atoms with van der Waals surface area (Å²) in [5.74, 6) is 0.868. The summed E-state index contributed by atoms with van der Waals surface area (Å²) in [5.41, 5.74) is 0. The fraction of sp³-hybridized carbons (Fsp3) is 0.941. The molecule has 0 amide bonds. The van der Waals surface area contributed by atoms with E-state index in [4.69, 9.17) is 0 Å². The van der Waals surface area contributed by atoms with Crippen LogP contribution in [0.5, 0.6) is 0 Å². The molecular formula is C17H31NO2. The molecule has 20 heavy (non-hydrogen) atoms. The third-order valence-corrected chi connectivity index (χ3v) is 5.53. The van der Waals surface area contributed by atoms with Crippen LogP contribution in [0, 0.1) is 17.8 Å². The Bertz CT molecular complexity index is 314. The second-order valence-electron chi connectivity index (χ2n) is 6.86. The van der Waals surface area contributed by atoms with Crippen LogP contribution in [-0.4, -0.2) is 35.1 Å². The van der Waals surface area contributed by atoms with Crippen molar-refractivity contribution in [3.8, 4) is 0 Å². The highest BCUT2D eigenvalue weighted by atomic mass is 16.4. The summed E-state index contributed by atoms with van der Waals surface area (Å²) in [7, 11) is 0. The van der Waals surface area contributed by atoms with Crippen LogP contribution in [-0.2, 0) is 4.79 Å². The van der Waals surface area contributed by atoms with E-state index in [0.717, 1.165) is 44.2 Å². The first-order valence-corrected chi connectivity index (χ1v) is 8.62. The monoisotopic (exact) mass is 281 g/mol. The maximum atomic E-state index is 11.6. The molecule has 3 atom stereocenters. The van der Waals surface area contributed by atoms with E-state index in [-0.39, 0.29) is 12.0 Å². The van der Waals surface area contributed by atoms with Gasteiger partial charge in [-0.05, 0) is 50.5 Å². The number of hydrogen-bond acceptors (Lipinski definition) is 2. The molecule has 2 saturated carbocycles. The van der Waals surface area contributed by atoms with Gasteiger partial charge in [0, 0.05) is 12.6 Å². The molecule has 2 fully saturated rings. The fourth-order valence-corrected chi connectivity index (χ4v) is 4.10. The Morgan fingerprint density at radius 1 is 1.15 bits per heavy atom. The Labute approximate surface area is 123 Å². The van der Waals surface area contributed by atoms with E-state index < -0.39 is 5.97 Å². The lowest BCUT2D eigenvalue weighted by molar-refractivity contribution is -0.146. The lowest BCUT2D eigenvalue weighted by atomic mass is 9.75. The number of hydrogen-bond donors (Lipinski definition) is 1. The molecule has 2 aliphatic carbocycles. The Balaban J connectivity index is 2.01. The summed E-state index contributed by atoms with van der Waals surface area (Å²) in [6.07, 6.45) is 9.65. The van der Waals surface area contributed by atoms with Crippen LogP contribution in [0.2, 0.25) is 0 Å². The molecule has 0 heterocycles. The van der Waals surface area contributed by atoms with Gasteiger partial charge in [0.25, 0.3) is 0 Å². The highest BCUT2D eigenvalue weighted by molar-refractivity contribution is 5.71. The summed E-state index contributed by atoms with van der Waals surface area (Å²) >= 11 is 0. The number of nitrogens with zero attached hydrogens (tertiary/aromatic N) is 1. The fourth-order valence-electron chi connectivity index (χ4n) is 4.10. The summed E-state index contributed by atoms with van der Waals surface area (Å²) in [6, 6.07) is 0.281. The van der Waals surface area contributed by atoms with Gasteiger partial charge in [-0.2, -0.15) is 0 Å². The first-order valence-electron chi connectivity index (χ1n) is 8.62. The molecule has 0 radical (unpaired) electrons. The van der Waals surface area contributed by atoms with Crippen molar-refractivity contribution in [2.24, 2.45) is 17.8 Å². The molecule has 0 aromatic heterocycles. The minimum atomic E-state index is -0.572. The second kappa shape index (κ2) is 7.44. The summed E-state index contributed by atoms with van der Waals surface area (Å²) in [5, 5.41) is 9.55. The predicted molar refractivity (Wildman–Crippen MR) is 81.8 cm³/mol. The number of carboxylic acid groups (broad SMARTS) is 1. The molecule has 3 unspecified atom stereocenters. The van der Waals surface area contributed by atoms with Crippen molar-refractivity contribution >= 4 is 5.97 Å². The Morgan fingerprint density at radius 3 is 2.40 bits per heavy atom. The summed E-state index contributed by atoms with van der Waals surface area (Å²) in [4.78, 5) is 14.1. The molecule has 0 spiro atoms. The van der Waals surface area contributed by atoms with Crippen molar-refractivity contribution in [3.63, 3.8) is 0 Å². The first-order chi connectivity index (χ1) is 9.65. The van der Waals surface area contributed by atoms with Gasteiger partial charge >= 0.3 is 5.97 Å². The summed E-state index contributed by atoms with van der Waals surface area (Å²) in [6.45, 7) is 6.57. The van der Waals surface area contributed by atoms with Crippen LogP contribution in [0.25, 0.3) is 0 Å². The molecular weight excluding hydrogens is 250 g/mol. The van der Waals surface area contributed by atoms with Gasteiger partial charge in [0.15, 0.2) is 0 Å². The van der Waals surface area contributed by atoms with Crippen molar-refractivity contribution in [1.82, 2.24) is 4.90 Å². The van der Waals surface area contributed by atoms with Crippen molar-refractivity contribution in [3.05, 3.63) is 0 Å². The summed E-state index contributed by atoms with van der Waals surface area (Å²) < 4.78 is 0. The van der Waals surface area contributed by atoms with Crippen molar-refractivity contribution < 1.29 is 9.90 Å². The zero-order valence-electron chi connectivity index (χ0n) is 13.2. The lowest BCUT2D eigenvalue weighted by Gasteiger charge is -2.43. The van der Waals surface area contributed by atoms with Gasteiger partial charge < -0.3 is 5.11 Å². The number of rotatable bonds is 7. The quantitative estimate of drug-likeness (QED) is 0.772. The van der Waals surface area contributed by atoms with Gasteiger partial charge in [0.1, 0.15) is 0 Å². The zero-order chi connectivity index (χ0) is 14.5. The van der Waals surface area contributed by atoms with E-state index in [9.17, 15) is 9.90 Å². The maximum absolute atomic E-state index is 11.6. The third kappa shape index (κ3) is 3.75. The minimum absolute atomic E-state index is 0.136. The van der Waals surface area contributed by atoms with Gasteiger partial charge in [-0.25, -0.2) is 0 Å². The number of aliphatic carboxylic acids is 1. The molecule has 3 nitrogen and oxygen atoms in total. The van der Waals surface area contributed by atoms with Crippen LogP contribution in [0.4, 0.5) is 0 Å². The SMILES string of the molecule is CCCC1CCC(C(=O)O)C(N(CC)CC2CCC2)C1. The third-order valence-electron chi connectivity index (χ3n) is 5.53. The average molecular weight is 281 g/mol. The van der Waals surface area contributed by atoms with Crippen LogP contribution < -0.4 is 0 Å².